The summed E-state index contributed by atoms with van der Waals surface area (Å²) >= 11 is 1.62. The zero-order valence-electron chi connectivity index (χ0n) is 19.2. The maximum absolute atomic E-state index is 6.35. The fourth-order valence-corrected chi connectivity index (χ4v) is 4.57. The third kappa shape index (κ3) is 6.11. The second kappa shape index (κ2) is 11.3. The minimum absolute atomic E-state index is 0.00726. The van der Waals surface area contributed by atoms with Gasteiger partial charge in [-0.25, -0.2) is 4.98 Å². The molecule has 1 unspecified atom stereocenters. The van der Waals surface area contributed by atoms with Crippen LogP contribution < -0.4 is 14.8 Å². The van der Waals surface area contributed by atoms with Crippen molar-refractivity contribution >= 4 is 17.3 Å². The number of aromatic nitrogens is 1. The van der Waals surface area contributed by atoms with E-state index in [0.717, 1.165) is 46.6 Å². The number of rotatable bonds is 9. The van der Waals surface area contributed by atoms with E-state index < -0.39 is 0 Å². The van der Waals surface area contributed by atoms with Gasteiger partial charge in [-0.15, -0.1) is 11.3 Å². The Hall–Kier alpha value is -2.32. The van der Waals surface area contributed by atoms with Gasteiger partial charge in [0, 0.05) is 38.7 Å². The van der Waals surface area contributed by atoms with E-state index in [1.165, 1.54) is 12.8 Å². The van der Waals surface area contributed by atoms with Crippen molar-refractivity contribution < 1.29 is 14.2 Å². The van der Waals surface area contributed by atoms with Gasteiger partial charge in [-0.3, -0.25) is 4.99 Å². The summed E-state index contributed by atoms with van der Waals surface area (Å²) in [5.41, 5.74) is 2.06. The Morgan fingerprint density at radius 3 is 2.77 bits per heavy atom. The van der Waals surface area contributed by atoms with Crippen molar-refractivity contribution in [1.82, 2.24) is 15.2 Å². The summed E-state index contributed by atoms with van der Waals surface area (Å²) < 4.78 is 17.3. The first-order valence-electron chi connectivity index (χ1n) is 10.8. The van der Waals surface area contributed by atoms with E-state index in [1.807, 2.05) is 26.1 Å². The predicted octanol–water partition coefficient (Wildman–Crippen LogP) is 4.39. The normalized spacial score (nSPS) is 15.7. The highest BCUT2D eigenvalue weighted by Gasteiger charge is 2.21. The van der Waals surface area contributed by atoms with Gasteiger partial charge in [-0.1, -0.05) is 12.1 Å². The van der Waals surface area contributed by atoms with Crippen molar-refractivity contribution in [3.05, 3.63) is 39.8 Å². The number of thiazole rings is 1. The quantitative estimate of drug-likeness (QED) is 0.455. The molecule has 1 aromatic heterocycles. The Kier molecular flexibility index (Phi) is 8.54. The van der Waals surface area contributed by atoms with Gasteiger partial charge >= 0.3 is 0 Å². The zero-order valence-corrected chi connectivity index (χ0v) is 20.0. The van der Waals surface area contributed by atoms with Gasteiger partial charge in [0.2, 0.25) is 0 Å². The Bertz CT molecular complexity index is 864. The first kappa shape index (κ1) is 23.3. The third-order valence-corrected chi connectivity index (χ3v) is 6.60. The van der Waals surface area contributed by atoms with E-state index >= 15 is 0 Å². The number of benzene rings is 1. The Balaban J connectivity index is 1.65. The highest BCUT2D eigenvalue weighted by molar-refractivity contribution is 7.09. The molecule has 170 valence electrons. The number of ether oxygens (including phenoxy) is 3. The summed E-state index contributed by atoms with van der Waals surface area (Å²) in [5.74, 6) is 2.40. The minimum atomic E-state index is 0.00726. The molecule has 1 atom stereocenters. The standard InChI is InChI=1S/C23H34N4O3S/c1-16(28-4)22-26-18(15-31-22)14-27(3)23(24-2)25-13-17-9-8-12-20(29-5)21(17)30-19-10-6-7-11-19/h8-9,12,15-16,19H,6-7,10-11,13-14H2,1-5H3,(H,24,25). The van der Waals surface area contributed by atoms with Gasteiger partial charge in [0.1, 0.15) is 11.1 Å². The lowest BCUT2D eigenvalue weighted by Gasteiger charge is -2.23. The van der Waals surface area contributed by atoms with Crippen LogP contribution in [0.25, 0.3) is 0 Å². The number of hydrogen-bond donors (Lipinski definition) is 1. The first-order valence-corrected chi connectivity index (χ1v) is 11.6. The second-order valence-electron chi connectivity index (χ2n) is 7.78. The molecule has 8 heteroatoms. The average Bonchev–Trinajstić information content (AvgIpc) is 3.46. The highest BCUT2D eigenvalue weighted by atomic mass is 32.1. The molecule has 1 saturated carbocycles. The number of hydrogen-bond acceptors (Lipinski definition) is 6. The SMILES string of the molecule is CN=C(NCc1cccc(OC)c1OC1CCCC1)N(C)Cc1csc(C(C)OC)n1. The van der Waals surface area contributed by atoms with Crippen LogP contribution in [0.4, 0.5) is 0 Å². The molecule has 1 N–H and O–H groups in total. The van der Waals surface area contributed by atoms with E-state index in [2.05, 4.69) is 31.6 Å². The largest absolute Gasteiger partial charge is 0.493 e. The van der Waals surface area contributed by atoms with Crippen LogP contribution in [0.1, 0.15) is 55.0 Å². The molecule has 0 saturated heterocycles. The van der Waals surface area contributed by atoms with Crippen LogP contribution in [0, 0.1) is 0 Å². The maximum Gasteiger partial charge on any atom is 0.194 e. The molecular weight excluding hydrogens is 412 g/mol. The van der Waals surface area contributed by atoms with E-state index in [0.29, 0.717) is 13.1 Å². The van der Waals surface area contributed by atoms with Gasteiger partial charge in [-0.05, 0) is 38.7 Å². The molecule has 7 nitrogen and oxygen atoms in total. The number of para-hydroxylation sites is 1. The summed E-state index contributed by atoms with van der Waals surface area (Å²) in [4.78, 5) is 11.2. The highest BCUT2D eigenvalue weighted by Crippen LogP contribution is 2.34. The van der Waals surface area contributed by atoms with E-state index in [9.17, 15) is 0 Å². The molecule has 1 aliphatic rings. The zero-order chi connectivity index (χ0) is 22.2. The third-order valence-electron chi connectivity index (χ3n) is 5.55. The van der Waals surface area contributed by atoms with Crippen molar-refractivity contribution in [3.63, 3.8) is 0 Å². The van der Waals surface area contributed by atoms with Crippen LogP contribution in [0.3, 0.4) is 0 Å². The molecule has 1 aliphatic carbocycles. The molecular formula is C23H34N4O3S. The van der Waals surface area contributed by atoms with Crippen molar-refractivity contribution in [2.75, 3.05) is 28.3 Å². The van der Waals surface area contributed by atoms with Gasteiger partial charge < -0.3 is 24.4 Å². The molecule has 1 fully saturated rings. The molecule has 1 heterocycles. The van der Waals surface area contributed by atoms with Gasteiger partial charge in [-0.2, -0.15) is 0 Å². The molecule has 2 aromatic rings. The lowest BCUT2D eigenvalue weighted by atomic mass is 10.1. The van der Waals surface area contributed by atoms with Crippen LogP contribution in [-0.2, 0) is 17.8 Å². The van der Waals surface area contributed by atoms with Crippen molar-refractivity contribution in [2.45, 2.75) is 57.9 Å². The topological polar surface area (TPSA) is 68.2 Å². The summed E-state index contributed by atoms with van der Waals surface area (Å²) in [5, 5.41) is 6.51. The fraction of sp³-hybridized carbons (Fsp3) is 0.565. The fourth-order valence-electron chi connectivity index (χ4n) is 3.73. The Morgan fingerprint density at radius 1 is 1.32 bits per heavy atom. The number of guanidine groups is 1. The molecule has 0 aliphatic heterocycles. The van der Waals surface area contributed by atoms with Crippen LogP contribution >= 0.6 is 11.3 Å². The average molecular weight is 447 g/mol. The lowest BCUT2D eigenvalue weighted by molar-refractivity contribution is 0.119. The van der Waals surface area contributed by atoms with Gasteiger partial charge in [0.15, 0.2) is 17.5 Å². The minimum Gasteiger partial charge on any atom is -0.493 e. The van der Waals surface area contributed by atoms with Gasteiger partial charge in [0.25, 0.3) is 0 Å². The van der Waals surface area contributed by atoms with Gasteiger partial charge in [0.05, 0.1) is 25.5 Å². The number of methoxy groups -OCH3 is 2. The number of nitrogens with one attached hydrogen (secondary N) is 1. The summed E-state index contributed by atoms with van der Waals surface area (Å²) in [6.07, 6.45) is 4.94. The van der Waals surface area contributed by atoms with Crippen LogP contribution in [0.2, 0.25) is 0 Å². The first-order chi connectivity index (χ1) is 15.0. The maximum atomic E-state index is 6.35. The second-order valence-corrected chi connectivity index (χ2v) is 8.67. The van der Waals surface area contributed by atoms with Crippen LogP contribution in [0.5, 0.6) is 11.5 Å². The van der Waals surface area contributed by atoms with E-state index in [-0.39, 0.29) is 12.2 Å². The smallest absolute Gasteiger partial charge is 0.194 e. The Morgan fingerprint density at radius 2 is 2.10 bits per heavy atom. The van der Waals surface area contributed by atoms with Crippen LogP contribution in [-0.4, -0.2) is 50.3 Å². The number of nitrogens with zero attached hydrogens (tertiary/aromatic N) is 3. The molecule has 0 radical (unpaired) electrons. The summed E-state index contributed by atoms with van der Waals surface area (Å²) in [6, 6.07) is 6.03. The lowest BCUT2D eigenvalue weighted by Crippen LogP contribution is -2.38. The van der Waals surface area contributed by atoms with Crippen molar-refractivity contribution in [2.24, 2.45) is 4.99 Å². The molecule has 31 heavy (non-hydrogen) atoms. The van der Waals surface area contributed by atoms with E-state index in [1.54, 1.807) is 32.6 Å². The van der Waals surface area contributed by atoms with Crippen molar-refractivity contribution in [3.8, 4) is 11.5 Å². The molecule has 0 amide bonds. The van der Waals surface area contributed by atoms with Crippen molar-refractivity contribution in [1.29, 1.82) is 0 Å². The Labute approximate surface area is 189 Å². The monoisotopic (exact) mass is 446 g/mol. The molecule has 0 bridgehead atoms. The number of aliphatic imine (C=N–C) groups is 1. The summed E-state index contributed by atoms with van der Waals surface area (Å²) in [6.45, 7) is 3.27. The predicted molar refractivity (Wildman–Crippen MR) is 125 cm³/mol. The van der Waals surface area contributed by atoms with Crippen LogP contribution in [0.15, 0.2) is 28.6 Å². The molecule has 0 spiro atoms. The molecule has 3 rings (SSSR count). The summed E-state index contributed by atoms with van der Waals surface area (Å²) in [7, 11) is 7.19. The molecule has 1 aromatic carbocycles. The van der Waals surface area contributed by atoms with E-state index in [4.69, 9.17) is 14.2 Å².